The highest BCUT2D eigenvalue weighted by atomic mass is 19.1. The fraction of sp³-hybridized carbons (Fsp3) is 0.364. The average Bonchev–Trinajstić information content (AvgIpc) is 2.29. The van der Waals surface area contributed by atoms with Gasteiger partial charge in [-0.3, -0.25) is 0 Å². The molecular formula is C11H15FN2O2. The van der Waals surface area contributed by atoms with E-state index in [1.165, 1.54) is 12.1 Å². The molecule has 0 radical (unpaired) electrons. The first kappa shape index (κ1) is 12.4. The Morgan fingerprint density at radius 1 is 1.19 bits per heavy atom. The Morgan fingerprint density at radius 2 is 1.81 bits per heavy atom. The molecule has 88 valence electrons. The Kier molecular flexibility index (Phi) is 5.28. The van der Waals surface area contributed by atoms with Crippen molar-refractivity contribution < 1.29 is 14.3 Å². The van der Waals surface area contributed by atoms with E-state index in [-0.39, 0.29) is 25.0 Å². The van der Waals surface area contributed by atoms with E-state index in [1.807, 2.05) is 0 Å². The standard InChI is InChI=1S/C11H15FN2O2/c12-10-3-1-9(2-4-10)5-6-13-11(16)14-7-8-15/h1-4,15H,5-8H2,(H2,13,14,16). The van der Waals surface area contributed by atoms with Crippen molar-refractivity contribution in [2.75, 3.05) is 19.7 Å². The summed E-state index contributed by atoms with van der Waals surface area (Å²) in [5, 5.41) is 13.6. The molecular weight excluding hydrogens is 211 g/mol. The van der Waals surface area contributed by atoms with E-state index >= 15 is 0 Å². The molecule has 1 rings (SSSR count). The van der Waals surface area contributed by atoms with E-state index in [1.54, 1.807) is 12.1 Å². The highest BCUT2D eigenvalue weighted by Crippen LogP contribution is 2.02. The minimum Gasteiger partial charge on any atom is -0.395 e. The normalized spacial score (nSPS) is 9.88. The third-order valence-electron chi connectivity index (χ3n) is 2.01. The maximum absolute atomic E-state index is 12.6. The van der Waals surface area contributed by atoms with Gasteiger partial charge in [-0.2, -0.15) is 0 Å². The number of carbonyl (C=O) groups excluding carboxylic acids is 1. The highest BCUT2D eigenvalue weighted by molar-refractivity contribution is 5.73. The fourth-order valence-electron chi connectivity index (χ4n) is 1.20. The summed E-state index contributed by atoms with van der Waals surface area (Å²) < 4.78 is 12.6. The van der Waals surface area contributed by atoms with E-state index in [2.05, 4.69) is 10.6 Å². The number of urea groups is 1. The van der Waals surface area contributed by atoms with Gasteiger partial charge in [-0.1, -0.05) is 12.1 Å². The minimum atomic E-state index is -0.309. The first-order valence-corrected chi connectivity index (χ1v) is 5.09. The molecule has 4 nitrogen and oxygen atoms in total. The van der Waals surface area contributed by atoms with Crippen LogP contribution >= 0.6 is 0 Å². The van der Waals surface area contributed by atoms with Gasteiger partial charge in [-0.25, -0.2) is 9.18 Å². The second kappa shape index (κ2) is 6.79. The Balaban J connectivity index is 2.20. The fourth-order valence-corrected chi connectivity index (χ4v) is 1.20. The van der Waals surface area contributed by atoms with Crippen LogP contribution in [0.4, 0.5) is 9.18 Å². The van der Waals surface area contributed by atoms with Crippen LogP contribution in [0.1, 0.15) is 5.56 Å². The molecule has 1 aromatic carbocycles. The summed E-state index contributed by atoms with van der Waals surface area (Å²) in [7, 11) is 0. The van der Waals surface area contributed by atoms with E-state index in [0.29, 0.717) is 13.0 Å². The molecule has 0 fully saturated rings. The van der Waals surface area contributed by atoms with Crippen LogP contribution in [0.2, 0.25) is 0 Å². The van der Waals surface area contributed by atoms with Crippen molar-refractivity contribution in [3.8, 4) is 0 Å². The van der Waals surface area contributed by atoms with Crippen molar-refractivity contribution in [3.63, 3.8) is 0 Å². The molecule has 3 N–H and O–H groups in total. The van der Waals surface area contributed by atoms with Crippen molar-refractivity contribution in [1.29, 1.82) is 0 Å². The lowest BCUT2D eigenvalue weighted by molar-refractivity contribution is 0.234. The maximum atomic E-state index is 12.6. The summed E-state index contributed by atoms with van der Waals surface area (Å²) in [6, 6.07) is 5.84. The van der Waals surface area contributed by atoms with Crippen LogP contribution in [0.25, 0.3) is 0 Å². The Morgan fingerprint density at radius 3 is 2.44 bits per heavy atom. The number of rotatable bonds is 5. The largest absolute Gasteiger partial charge is 0.395 e. The molecule has 0 saturated carbocycles. The molecule has 2 amide bonds. The summed E-state index contributed by atoms with van der Waals surface area (Å²) in [5.41, 5.74) is 0.962. The number of aliphatic hydroxyl groups is 1. The van der Waals surface area contributed by atoms with Crippen LogP contribution in [-0.2, 0) is 6.42 Å². The summed E-state index contributed by atoms with van der Waals surface area (Å²) in [5.74, 6) is -0.266. The summed E-state index contributed by atoms with van der Waals surface area (Å²) in [6.07, 6.45) is 0.646. The highest BCUT2D eigenvalue weighted by Gasteiger charge is 1.98. The van der Waals surface area contributed by atoms with Crippen LogP contribution < -0.4 is 10.6 Å². The monoisotopic (exact) mass is 226 g/mol. The number of hydrogen-bond donors (Lipinski definition) is 3. The van der Waals surface area contributed by atoms with Crippen LogP contribution in [0, 0.1) is 5.82 Å². The second-order valence-electron chi connectivity index (χ2n) is 3.28. The second-order valence-corrected chi connectivity index (χ2v) is 3.28. The lowest BCUT2D eigenvalue weighted by Crippen LogP contribution is -2.37. The molecule has 0 spiro atoms. The molecule has 0 bridgehead atoms. The Hall–Kier alpha value is -1.62. The molecule has 16 heavy (non-hydrogen) atoms. The molecule has 5 heteroatoms. The Labute approximate surface area is 93.5 Å². The molecule has 0 atom stereocenters. The summed E-state index contributed by atoms with van der Waals surface area (Å²) in [6.45, 7) is 0.636. The van der Waals surface area contributed by atoms with Crippen LogP contribution in [-0.4, -0.2) is 30.8 Å². The zero-order chi connectivity index (χ0) is 11.8. The van der Waals surface area contributed by atoms with Gasteiger partial charge in [0.15, 0.2) is 0 Å². The van der Waals surface area contributed by atoms with Crippen molar-refractivity contribution in [1.82, 2.24) is 10.6 Å². The number of aliphatic hydroxyl groups excluding tert-OH is 1. The lowest BCUT2D eigenvalue weighted by Gasteiger charge is -2.06. The topological polar surface area (TPSA) is 61.4 Å². The first-order valence-electron chi connectivity index (χ1n) is 5.09. The molecule has 0 unspecified atom stereocenters. The molecule has 0 aliphatic rings. The van der Waals surface area contributed by atoms with Crippen LogP contribution in [0.3, 0.4) is 0 Å². The predicted molar refractivity (Wildman–Crippen MR) is 58.6 cm³/mol. The SMILES string of the molecule is O=C(NCCO)NCCc1ccc(F)cc1. The van der Waals surface area contributed by atoms with Gasteiger partial charge in [-0.05, 0) is 24.1 Å². The van der Waals surface area contributed by atoms with Gasteiger partial charge < -0.3 is 15.7 Å². The van der Waals surface area contributed by atoms with E-state index in [0.717, 1.165) is 5.56 Å². The van der Waals surface area contributed by atoms with E-state index in [9.17, 15) is 9.18 Å². The summed E-state index contributed by atoms with van der Waals surface area (Å²) in [4.78, 5) is 11.1. The molecule has 0 aromatic heterocycles. The number of nitrogens with one attached hydrogen (secondary N) is 2. The number of amides is 2. The third-order valence-corrected chi connectivity index (χ3v) is 2.01. The van der Waals surface area contributed by atoms with Crippen molar-refractivity contribution in [3.05, 3.63) is 35.6 Å². The van der Waals surface area contributed by atoms with Crippen molar-refractivity contribution in [2.24, 2.45) is 0 Å². The van der Waals surface area contributed by atoms with Gasteiger partial charge in [0.05, 0.1) is 6.61 Å². The Bertz CT molecular complexity index is 327. The van der Waals surface area contributed by atoms with Crippen molar-refractivity contribution in [2.45, 2.75) is 6.42 Å². The van der Waals surface area contributed by atoms with Gasteiger partial charge in [0, 0.05) is 13.1 Å². The molecule has 0 aliphatic heterocycles. The van der Waals surface area contributed by atoms with Crippen LogP contribution in [0.15, 0.2) is 24.3 Å². The number of hydrogen-bond acceptors (Lipinski definition) is 2. The van der Waals surface area contributed by atoms with Crippen LogP contribution in [0.5, 0.6) is 0 Å². The number of halogens is 1. The minimum absolute atomic E-state index is 0.0780. The van der Waals surface area contributed by atoms with E-state index in [4.69, 9.17) is 5.11 Å². The smallest absolute Gasteiger partial charge is 0.314 e. The molecule has 0 heterocycles. The molecule has 0 saturated heterocycles. The first-order chi connectivity index (χ1) is 7.72. The predicted octanol–water partition coefficient (Wildman–Crippen LogP) is 0.660. The van der Waals surface area contributed by atoms with Gasteiger partial charge in [-0.15, -0.1) is 0 Å². The maximum Gasteiger partial charge on any atom is 0.314 e. The molecule has 0 aliphatic carbocycles. The van der Waals surface area contributed by atoms with Crippen molar-refractivity contribution >= 4 is 6.03 Å². The zero-order valence-electron chi connectivity index (χ0n) is 8.87. The third kappa shape index (κ3) is 4.75. The van der Waals surface area contributed by atoms with Gasteiger partial charge in [0.2, 0.25) is 0 Å². The number of benzene rings is 1. The van der Waals surface area contributed by atoms with Gasteiger partial charge in [0.1, 0.15) is 5.82 Å². The van der Waals surface area contributed by atoms with Gasteiger partial charge >= 0.3 is 6.03 Å². The zero-order valence-corrected chi connectivity index (χ0v) is 8.87. The summed E-state index contributed by atoms with van der Waals surface area (Å²) >= 11 is 0. The average molecular weight is 226 g/mol. The number of carbonyl (C=O) groups is 1. The van der Waals surface area contributed by atoms with E-state index < -0.39 is 0 Å². The quantitative estimate of drug-likeness (QED) is 0.690. The van der Waals surface area contributed by atoms with Gasteiger partial charge in [0.25, 0.3) is 0 Å². The lowest BCUT2D eigenvalue weighted by atomic mass is 10.1. The molecule has 1 aromatic rings.